The van der Waals surface area contributed by atoms with E-state index in [4.69, 9.17) is 0 Å². The lowest BCUT2D eigenvalue weighted by Crippen LogP contribution is -2.18. The predicted octanol–water partition coefficient (Wildman–Crippen LogP) is 4.86. The van der Waals surface area contributed by atoms with Crippen molar-refractivity contribution in [2.45, 2.75) is 32.6 Å². The molecule has 21 heavy (non-hydrogen) atoms. The lowest BCUT2D eigenvalue weighted by atomic mass is 10.1. The van der Waals surface area contributed by atoms with E-state index in [1.807, 2.05) is 32.0 Å². The normalized spacial score (nSPS) is 13.2. The number of aryl methyl sites for hydroxylation is 1. The highest BCUT2D eigenvalue weighted by Gasteiger charge is 2.30. The largest absolute Gasteiger partial charge is 0.416 e. The molecule has 0 radical (unpaired) electrons. The number of benzene rings is 2. The third-order valence-electron chi connectivity index (χ3n) is 3.41. The fraction of sp³-hybridized carbons (Fsp3) is 0.294. The van der Waals surface area contributed by atoms with Gasteiger partial charge in [0.15, 0.2) is 0 Å². The molecular formula is C17H18F3N. The first kappa shape index (κ1) is 15.6. The van der Waals surface area contributed by atoms with E-state index >= 15 is 0 Å². The molecule has 0 amide bonds. The molecule has 0 saturated carbocycles. The van der Waals surface area contributed by atoms with Crippen LogP contribution in [0.3, 0.4) is 0 Å². The molecule has 0 aliphatic carbocycles. The molecule has 0 aliphatic heterocycles. The van der Waals surface area contributed by atoms with Crippen LogP contribution >= 0.6 is 0 Å². The average molecular weight is 293 g/mol. The third kappa shape index (κ3) is 4.33. The van der Waals surface area contributed by atoms with Gasteiger partial charge >= 0.3 is 6.18 Å². The van der Waals surface area contributed by atoms with Crippen LogP contribution in [0.2, 0.25) is 0 Å². The van der Waals surface area contributed by atoms with Gasteiger partial charge in [-0.15, -0.1) is 0 Å². The Labute approximate surface area is 122 Å². The first-order chi connectivity index (χ1) is 9.86. The third-order valence-corrected chi connectivity index (χ3v) is 3.41. The van der Waals surface area contributed by atoms with Crippen LogP contribution in [0.15, 0.2) is 48.5 Å². The summed E-state index contributed by atoms with van der Waals surface area (Å²) in [5.74, 6) is 0. The zero-order chi connectivity index (χ0) is 15.5. The van der Waals surface area contributed by atoms with Gasteiger partial charge in [-0.2, -0.15) is 13.2 Å². The summed E-state index contributed by atoms with van der Waals surface area (Å²) in [5.41, 5.74) is 2.32. The molecule has 0 fully saturated rings. The second-order valence-electron chi connectivity index (χ2n) is 5.21. The molecule has 2 aromatic rings. The molecule has 1 atom stereocenters. The van der Waals surface area contributed by atoms with Crippen LogP contribution in [0.1, 0.15) is 35.2 Å². The summed E-state index contributed by atoms with van der Waals surface area (Å²) in [4.78, 5) is 0. The van der Waals surface area contributed by atoms with E-state index < -0.39 is 11.7 Å². The van der Waals surface area contributed by atoms with Gasteiger partial charge in [-0.1, -0.05) is 48.0 Å². The summed E-state index contributed by atoms with van der Waals surface area (Å²) in [6.45, 7) is 4.42. The Morgan fingerprint density at radius 1 is 1.05 bits per heavy atom. The standard InChI is InChI=1S/C17H18F3N/c1-12-5-3-7-15(9-12)13(2)21-11-14-6-4-8-16(10-14)17(18,19)20/h3-10,13,21H,11H2,1-2H3. The molecule has 4 heteroatoms. The van der Waals surface area contributed by atoms with E-state index in [1.54, 1.807) is 6.07 Å². The summed E-state index contributed by atoms with van der Waals surface area (Å²) >= 11 is 0. The van der Waals surface area contributed by atoms with Gasteiger partial charge < -0.3 is 5.32 Å². The molecule has 1 unspecified atom stereocenters. The van der Waals surface area contributed by atoms with Crippen LogP contribution in [0, 0.1) is 6.92 Å². The Hall–Kier alpha value is -1.81. The van der Waals surface area contributed by atoms with Crippen molar-refractivity contribution >= 4 is 0 Å². The summed E-state index contributed by atoms with van der Waals surface area (Å²) in [6.07, 6.45) is -4.29. The summed E-state index contributed by atoms with van der Waals surface area (Å²) in [7, 11) is 0. The minimum absolute atomic E-state index is 0.0828. The van der Waals surface area contributed by atoms with Crippen molar-refractivity contribution in [3.63, 3.8) is 0 Å². The Kier molecular flexibility index (Phi) is 4.68. The van der Waals surface area contributed by atoms with Crippen molar-refractivity contribution in [2.75, 3.05) is 0 Å². The van der Waals surface area contributed by atoms with Crippen LogP contribution in [-0.2, 0) is 12.7 Å². The van der Waals surface area contributed by atoms with Gasteiger partial charge in [0.05, 0.1) is 5.56 Å². The van der Waals surface area contributed by atoms with E-state index in [0.29, 0.717) is 12.1 Å². The zero-order valence-corrected chi connectivity index (χ0v) is 12.0. The van der Waals surface area contributed by atoms with Gasteiger partial charge in [0.2, 0.25) is 0 Å². The van der Waals surface area contributed by atoms with Gasteiger partial charge in [-0.05, 0) is 31.0 Å². The predicted molar refractivity (Wildman–Crippen MR) is 77.9 cm³/mol. The molecule has 1 nitrogen and oxygen atoms in total. The van der Waals surface area contributed by atoms with Gasteiger partial charge in [0, 0.05) is 12.6 Å². The quantitative estimate of drug-likeness (QED) is 0.848. The van der Waals surface area contributed by atoms with Crippen molar-refractivity contribution in [1.82, 2.24) is 5.32 Å². The Morgan fingerprint density at radius 3 is 2.43 bits per heavy atom. The Balaban J connectivity index is 2.03. The molecule has 2 aromatic carbocycles. The maximum Gasteiger partial charge on any atom is 0.416 e. The number of hydrogen-bond donors (Lipinski definition) is 1. The zero-order valence-electron chi connectivity index (χ0n) is 12.0. The van der Waals surface area contributed by atoms with Gasteiger partial charge in [0.25, 0.3) is 0 Å². The maximum atomic E-state index is 12.7. The van der Waals surface area contributed by atoms with Crippen molar-refractivity contribution < 1.29 is 13.2 Å². The smallest absolute Gasteiger partial charge is 0.306 e. The van der Waals surface area contributed by atoms with E-state index in [0.717, 1.165) is 11.6 Å². The van der Waals surface area contributed by atoms with Crippen molar-refractivity contribution in [3.8, 4) is 0 Å². The summed E-state index contributed by atoms with van der Waals surface area (Å²) < 4.78 is 38.0. The topological polar surface area (TPSA) is 12.0 Å². The molecule has 0 saturated heterocycles. The molecule has 2 rings (SSSR count). The first-order valence-electron chi connectivity index (χ1n) is 6.82. The lowest BCUT2D eigenvalue weighted by molar-refractivity contribution is -0.137. The number of hydrogen-bond acceptors (Lipinski definition) is 1. The van der Waals surface area contributed by atoms with Crippen molar-refractivity contribution in [3.05, 3.63) is 70.8 Å². The highest BCUT2D eigenvalue weighted by atomic mass is 19.4. The van der Waals surface area contributed by atoms with Crippen molar-refractivity contribution in [2.24, 2.45) is 0 Å². The van der Waals surface area contributed by atoms with E-state index in [1.165, 1.54) is 17.7 Å². The van der Waals surface area contributed by atoms with E-state index in [2.05, 4.69) is 11.4 Å². The second kappa shape index (κ2) is 6.31. The fourth-order valence-electron chi connectivity index (χ4n) is 2.19. The van der Waals surface area contributed by atoms with Crippen LogP contribution in [0.5, 0.6) is 0 Å². The molecule has 0 heterocycles. The molecule has 1 N–H and O–H groups in total. The maximum absolute atomic E-state index is 12.7. The van der Waals surface area contributed by atoms with Crippen LogP contribution in [0.4, 0.5) is 13.2 Å². The van der Waals surface area contributed by atoms with Gasteiger partial charge in [-0.25, -0.2) is 0 Å². The monoisotopic (exact) mass is 293 g/mol. The average Bonchev–Trinajstić information content (AvgIpc) is 2.44. The molecular weight excluding hydrogens is 275 g/mol. The van der Waals surface area contributed by atoms with Gasteiger partial charge in [0.1, 0.15) is 0 Å². The molecule has 0 spiro atoms. The Bertz CT molecular complexity index is 605. The fourth-order valence-corrected chi connectivity index (χ4v) is 2.19. The second-order valence-corrected chi connectivity index (χ2v) is 5.21. The Morgan fingerprint density at radius 2 is 1.76 bits per heavy atom. The van der Waals surface area contributed by atoms with Gasteiger partial charge in [-0.3, -0.25) is 0 Å². The van der Waals surface area contributed by atoms with Crippen LogP contribution in [0.25, 0.3) is 0 Å². The molecule has 0 bridgehead atoms. The highest BCUT2D eigenvalue weighted by molar-refractivity contribution is 5.27. The summed E-state index contributed by atoms with van der Waals surface area (Å²) in [6, 6.07) is 13.6. The number of nitrogens with one attached hydrogen (secondary N) is 1. The number of alkyl halides is 3. The molecule has 112 valence electrons. The minimum atomic E-state index is -4.29. The first-order valence-corrected chi connectivity index (χ1v) is 6.82. The van der Waals surface area contributed by atoms with E-state index in [9.17, 15) is 13.2 Å². The lowest BCUT2D eigenvalue weighted by Gasteiger charge is -2.15. The van der Waals surface area contributed by atoms with Crippen LogP contribution in [-0.4, -0.2) is 0 Å². The molecule has 0 aromatic heterocycles. The SMILES string of the molecule is Cc1cccc(C(C)NCc2cccc(C(F)(F)F)c2)c1. The highest BCUT2D eigenvalue weighted by Crippen LogP contribution is 2.29. The minimum Gasteiger partial charge on any atom is -0.306 e. The van der Waals surface area contributed by atoms with Crippen LogP contribution < -0.4 is 5.32 Å². The number of halogens is 3. The van der Waals surface area contributed by atoms with E-state index in [-0.39, 0.29) is 6.04 Å². The summed E-state index contributed by atoms with van der Waals surface area (Å²) in [5, 5.41) is 3.25. The van der Waals surface area contributed by atoms with Crippen molar-refractivity contribution in [1.29, 1.82) is 0 Å². The molecule has 0 aliphatic rings. The number of rotatable bonds is 4.